The molecule has 0 saturated carbocycles. The second-order valence-electron chi connectivity index (χ2n) is 4.59. The summed E-state index contributed by atoms with van der Waals surface area (Å²) in [7, 11) is 0. The predicted octanol–water partition coefficient (Wildman–Crippen LogP) is 1.97. The van der Waals surface area contributed by atoms with E-state index in [1.54, 1.807) is 13.8 Å². The van der Waals surface area contributed by atoms with Gasteiger partial charge in [0.1, 0.15) is 5.82 Å². The van der Waals surface area contributed by atoms with Gasteiger partial charge in [-0.25, -0.2) is 4.39 Å². The molecule has 1 amide bonds. The molecule has 0 bridgehead atoms. The molecule has 0 heterocycles. The molecule has 1 N–H and O–H groups in total. The Bertz CT molecular complexity index is 505. The second-order valence-corrected chi connectivity index (χ2v) is 4.59. The van der Waals surface area contributed by atoms with Gasteiger partial charge in [0.25, 0.3) is 11.6 Å². The fraction of sp³-hybridized carbons (Fsp3) is 0.462. The van der Waals surface area contributed by atoms with Gasteiger partial charge in [-0.1, -0.05) is 0 Å². The van der Waals surface area contributed by atoms with Crippen LogP contribution < -0.4 is 0 Å². The number of nitro groups is 1. The zero-order valence-corrected chi connectivity index (χ0v) is 11.4. The van der Waals surface area contributed by atoms with Crippen LogP contribution >= 0.6 is 0 Å². The van der Waals surface area contributed by atoms with Gasteiger partial charge in [-0.2, -0.15) is 0 Å². The molecule has 0 aliphatic carbocycles. The smallest absolute Gasteiger partial charge is 0.270 e. The van der Waals surface area contributed by atoms with Gasteiger partial charge >= 0.3 is 0 Å². The Hall–Kier alpha value is -2.02. The highest BCUT2D eigenvalue weighted by Gasteiger charge is 2.23. The Morgan fingerprint density at radius 3 is 2.65 bits per heavy atom. The largest absolute Gasteiger partial charge is 0.396 e. The number of benzene rings is 1. The lowest BCUT2D eigenvalue weighted by molar-refractivity contribution is -0.384. The fourth-order valence-electron chi connectivity index (χ4n) is 1.78. The number of hydrogen-bond donors (Lipinski definition) is 1. The lowest BCUT2D eigenvalue weighted by Crippen LogP contribution is -2.38. The van der Waals surface area contributed by atoms with Crippen molar-refractivity contribution in [1.82, 2.24) is 4.90 Å². The third kappa shape index (κ3) is 3.74. The van der Waals surface area contributed by atoms with Crippen LogP contribution in [0.15, 0.2) is 18.2 Å². The van der Waals surface area contributed by atoms with Crippen molar-refractivity contribution in [1.29, 1.82) is 0 Å². The number of aliphatic hydroxyl groups is 1. The number of carbonyl (C=O) groups is 1. The Balaban J connectivity index is 3.10. The van der Waals surface area contributed by atoms with E-state index in [2.05, 4.69) is 0 Å². The van der Waals surface area contributed by atoms with Gasteiger partial charge in [-0.15, -0.1) is 0 Å². The van der Waals surface area contributed by atoms with Crippen molar-refractivity contribution >= 4 is 11.6 Å². The summed E-state index contributed by atoms with van der Waals surface area (Å²) in [6.45, 7) is 3.68. The van der Waals surface area contributed by atoms with Gasteiger partial charge in [0, 0.05) is 31.3 Å². The Kier molecular flexibility index (Phi) is 5.57. The second kappa shape index (κ2) is 6.95. The first-order valence-corrected chi connectivity index (χ1v) is 6.24. The van der Waals surface area contributed by atoms with Crippen LogP contribution in [0.4, 0.5) is 10.1 Å². The molecule has 1 aromatic carbocycles. The molecule has 0 aliphatic rings. The minimum absolute atomic E-state index is 0.0894. The van der Waals surface area contributed by atoms with Crippen molar-refractivity contribution in [3.8, 4) is 0 Å². The van der Waals surface area contributed by atoms with Crippen LogP contribution in [0.5, 0.6) is 0 Å². The highest BCUT2D eigenvalue weighted by molar-refractivity contribution is 5.95. The molecule has 0 fully saturated rings. The summed E-state index contributed by atoms with van der Waals surface area (Å²) >= 11 is 0. The van der Waals surface area contributed by atoms with E-state index in [1.807, 2.05) is 0 Å². The maximum atomic E-state index is 13.7. The minimum Gasteiger partial charge on any atom is -0.396 e. The number of non-ortho nitro benzene ring substituents is 1. The number of hydrogen-bond acceptors (Lipinski definition) is 4. The van der Waals surface area contributed by atoms with Gasteiger partial charge in [0.2, 0.25) is 0 Å². The summed E-state index contributed by atoms with van der Waals surface area (Å²) in [5, 5.41) is 19.5. The van der Waals surface area contributed by atoms with Gasteiger partial charge in [0.15, 0.2) is 0 Å². The van der Waals surface area contributed by atoms with Crippen LogP contribution in [0.2, 0.25) is 0 Å². The van der Waals surface area contributed by atoms with E-state index in [0.717, 1.165) is 18.2 Å². The zero-order chi connectivity index (χ0) is 15.3. The SMILES string of the molecule is CC(C)N(CCCO)C(=O)c1cc([N+](=O)[O-])ccc1F. The van der Waals surface area contributed by atoms with Gasteiger partial charge in [0.05, 0.1) is 10.5 Å². The van der Waals surface area contributed by atoms with Crippen molar-refractivity contribution in [2.75, 3.05) is 13.2 Å². The molecule has 110 valence electrons. The van der Waals surface area contributed by atoms with Crippen molar-refractivity contribution in [3.63, 3.8) is 0 Å². The third-order valence-electron chi connectivity index (χ3n) is 2.83. The number of amides is 1. The maximum Gasteiger partial charge on any atom is 0.270 e. The fourth-order valence-corrected chi connectivity index (χ4v) is 1.78. The minimum atomic E-state index is -0.796. The topological polar surface area (TPSA) is 83.7 Å². The molecule has 0 spiro atoms. The summed E-state index contributed by atoms with van der Waals surface area (Å²) in [6, 6.07) is 2.66. The van der Waals surface area contributed by atoms with Gasteiger partial charge in [-0.3, -0.25) is 14.9 Å². The van der Waals surface area contributed by atoms with E-state index in [9.17, 15) is 19.3 Å². The summed E-state index contributed by atoms with van der Waals surface area (Å²) in [4.78, 5) is 23.7. The maximum absolute atomic E-state index is 13.7. The summed E-state index contributed by atoms with van der Waals surface area (Å²) in [5.74, 6) is -1.41. The van der Waals surface area contributed by atoms with Gasteiger partial charge in [-0.05, 0) is 26.3 Å². The first-order chi connectivity index (χ1) is 9.38. The lowest BCUT2D eigenvalue weighted by Gasteiger charge is -2.26. The van der Waals surface area contributed by atoms with Crippen LogP contribution in [-0.4, -0.2) is 40.0 Å². The Morgan fingerprint density at radius 1 is 1.50 bits per heavy atom. The normalized spacial score (nSPS) is 10.7. The molecule has 0 aliphatic heterocycles. The monoisotopic (exact) mass is 284 g/mol. The average Bonchev–Trinajstić information content (AvgIpc) is 2.38. The standard InChI is InChI=1S/C13H17FN2O4/c1-9(2)15(6-3-7-17)13(18)11-8-10(16(19)20)4-5-12(11)14/h4-5,8-9,17H,3,6-7H2,1-2H3. The molecule has 0 saturated heterocycles. The lowest BCUT2D eigenvalue weighted by atomic mass is 10.1. The number of nitro benzene ring substituents is 1. The van der Waals surface area contributed by atoms with Crippen LogP contribution in [-0.2, 0) is 0 Å². The summed E-state index contributed by atoms with van der Waals surface area (Å²) in [6.07, 6.45) is 0.362. The highest BCUT2D eigenvalue weighted by atomic mass is 19.1. The molecule has 7 heteroatoms. The Labute approximate surface area is 116 Å². The Morgan fingerprint density at radius 2 is 2.15 bits per heavy atom. The molecule has 1 rings (SSSR count). The molecule has 0 atom stereocenters. The number of aliphatic hydroxyl groups excluding tert-OH is 1. The summed E-state index contributed by atoms with van der Waals surface area (Å²) in [5.41, 5.74) is -0.661. The third-order valence-corrected chi connectivity index (χ3v) is 2.83. The molecule has 0 unspecified atom stereocenters. The number of rotatable bonds is 6. The molecular formula is C13H17FN2O4. The van der Waals surface area contributed by atoms with E-state index >= 15 is 0 Å². The summed E-state index contributed by atoms with van der Waals surface area (Å²) < 4.78 is 13.7. The predicted molar refractivity (Wildman–Crippen MR) is 70.9 cm³/mol. The quantitative estimate of drug-likeness (QED) is 0.639. The average molecular weight is 284 g/mol. The molecule has 0 radical (unpaired) electrons. The van der Waals surface area contributed by atoms with E-state index in [1.165, 1.54) is 4.90 Å². The van der Waals surface area contributed by atoms with Crippen LogP contribution in [0.3, 0.4) is 0 Å². The highest BCUT2D eigenvalue weighted by Crippen LogP contribution is 2.19. The molecule has 6 nitrogen and oxygen atoms in total. The van der Waals surface area contributed by atoms with Crippen LogP contribution in [0.25, 0.3) is 0 Å². The van der Waals surface area contributed by atoms with Crippen LogP contribution in [0.1, 0.15) is 30.6 Å². The van der Waals surface area contributed by atoms with Gasteiger partial charge < -0.3 is 10.0 Å². The van der Waals surface area contributed by atoms with Crippen molar-refractivity contribution < 1.29 is 19.2 Å². The molecular weight excluding hydrogens is 267 g/mol. The number of carbonyl (C=O) groups excluding carboxylic acids is 1. The molecule has 20 heavy (non-hydrogen) atoms. The van der Waals surface area contributed by atoms with Crippen LogP contribution in [0, 0.1) is 15.9 Å². The van der Waals surface area contributed by atoms with E-state index in [4.69, 9.17) is 5.11 Å². The number of nitrogens with zero attached hydrogens (tertiary/aromatic N) is 2. The first kappa shape index (κ1) is 16.0. The van der Waals surface area contributed by atoms with E-state index < -0.39 is 16.6 Å². The van der Waals surface area contributed by atoms with Crippen molar-refractivity contribution in [2.24, 2.45) is 0 Å². The van der Waals surface area contributed by atoms with E-state index in [0.29, 0.717) is 6.42 Å². The number of halogens is 1. The zero-order valence-electron chi connectivity index (χ0n) is 11.4. The van der Waals surface area contributed by atoms with Crippen molar-refractivity contribution in [3.05, 3.63) is 39.7 Å². The molecule has 1 aromatic rings. The molecule has 0 aromatic heterocycles. The van der Waals surface area contributed by atoms with E-state index in [-0.39, 0.29) is 30.4 Å². The first-order valence-electron chi connectivity index (χ1n) is 6.24. The van der Waals surface area contributed by atoms with Crippen molar-refractivity contribution in [2.45, 2.75) is 26.3 Å².